The zero-order valence-corrected chi connectivity index (χ0v) is 13.0. The zero-order chi connectivity index (χ0) is 13.1. The maximum Gasteiger partial charge on any atom is 0.124 e. The standard InChI is InChI=1S/C14H18BrClO2/c1-3-17-12-5-4-10(15)8-11(12)13(16)14-9(2)6-7-18-14/h4-5,8-9,13-14H,3,6-7H2,1-2H3. The van der Waals surface area contributed by atoms with Gasteiger partial charge in [0.25, 0.3) is 0 Å². The van der Waals surface area contributed by atoms with Gasteiger partial charge in [0.2, 0.25) is 0 Å². The molecular weight excluding hydrogens is 316 g/mol. The molecule has 1 aromatic carbocycles. The number of hydrogen-bond acceptors (Lipinski definition) is 2. The van der Waals surface area contributed by atoms with Gasteiger partial charge >= 0.3 is 0 Å². The highest BCUT2D eigenvalue weighted by molar-refractivity contribution is 9.10. The molecule has 0 aromatic heterocycles. The molecule has 1 aliphatic rings. The van der Waals surface area contributed by atoms with Crippen molar-refractivity contribution < 1.29 is 9.47 Å². The first-order valence-electron chi connectivity index (χ1n) is 6.31. The number of alkyl halides is 1. The van der Waals surface area contributed by atoms with Crippen LogP contribution in [-0.2, 0) is 4.74 Å². The topological polar surface area (TPSA) is 18.5 Å². The van der Waals surface area contributed by atoms with Crippen LogP contribution in [0.4, 0.5) is 0 Å². The highest BCUT2D eigenvalue weighted by Gasteiger charge is 2.33. The molecule has 0 radical (unpaired) electrons. The molecule has 1 aromatic rings. The highest BCUT2D eigenvalue weighted by atomic mass is 79.9. The van der Waals surface area contributed by atoms with Gasteiger partial charge in [-0.05, 0) is 37.5 Å². The minimum Gasteiger partial charge on any atom is -0.494 e. The first-order valence-corrected chi connectivity index (χ1v) is 7.54. The molecule has 0 spiro atoms. The maximum absolute atomic E-state index is 6.59. The number of halogens is 2. The van der Waals surface area contributed by atoms with Gasteiger partial charge in [0.1, 0.15) is 5.75 Å². The Balaban J connectivity index is 2.27. The number of hydrogen-bond donors (Lipinski definition) is 0. The van der Waals surface area contributed by atoms with Crippen molar-refractivity contribution in [3.8, 4) is 5.75 Å². The molecule has 1 aliphatic heterocycles. The van der Waals surface area contributed by atoms with Crippen LogP contribution < -0.4 is 4.74 Å². The van der Waals surface area contributed by atoms with Crippen molar-refractivity contribution in [2.75, 3.05) is 13.2 Å². The largest absolute Gasteiger partial charge is 0.494 e. The predicted molar refractivity (Wildman–Crippen MR) is 77.4 cm³/mol. The molecular formula is C14H18BrClO2. The van der Waals surface area contributed by atoms with Crippen molar-refractivity contribution >= 4 is 27.5 Å². The fourth-order valence-electron chi connectivity index (χ4n) is 2.29. The first-order chi connectivity index (χ1) is 8.63. The van der Waals surface area contributed by atoms with E-state index in [1.165, 1.54) is 0 Å². The van der Waals surface area contributed by atoms with Gasteiger partial charge in [-0.3, -0.25) is 0 Å². The van der Waals surface area contributed by atoms with Gasteiger partial charge in [0, 0.05) is 16.6 Å². The molecule has 18 heavy (non-hydrogen) atoms. The lowest BCUT2D eigenvalue weighted by Gasteiger charge is -2.23. The molecule has 100 valence electrons. The summed E-state index contributed by atoms with van der Waals surface area (Å²) in [5.41, 5.74) is 1.01. The third-order valence-electron chi connectivity index (χ3n) is 3.30. The van der Waals surface area contributed by atoms with E-state index in [4.69, 9.17) is 21.1 Å². The molecule has 0 bridgehead atoms. The lowest BCUT2D eigenvalue weighted by Crippen LogP contribution is -2.20. The summed E-state index contributed by atoms with van der Waals surface area (Å²) in [5, 5.41) is -0.165. The molecule has 1 saturated heterocycles. The fourth-order valence-corrected chi connectivity index (χ4v) is 3.16. The Morgan fingerprint density at radius 1 is 1.56 bits per heavy atom. The Morgan fingerprint density at radius 2 is 2.33 bits per heavy atom. The third-order valence-corrected chi connectivity index (χ3v) is 4.28. The van der Waals surface area contributed by atoms with E-state index < -0.39 is 0 Å². The van der Waals surface area contributed by atoms with Gasteiger partial charge in [-0.25, -0.2) is 0 Å². The van der Waals surface area contributed by atoms with Crippen LogP contribution in [0.15, 0.2) is 22.7 Å². The zero-order valence-electron chi connectivity index (χ0n) is 10.7. The normalized spacial score (nSPS) is 25.1. The molecule has 4 heteroatoms. The van der Waals surface area contributed by atoms with Crippen LogP contribution in [-0.4, -0.2) is 19.3 Å². The quantitative estimate of drug-likeness (QED) is 0.752. The van der Waals surface area contributed by atoms with Gasteiger partial charge in [-0.1, -0.05) is 22.9 Å². The molecule has 3 atom stereocenters. The highest BCUT2D eigenvalue weighted by Crippen LogP contribution is 2.40. The first kappa shape index (κ1) is 14.2. The number of rotatable bonds is 4. The Kier molecular flexibility index (Phi) is 4.93. The summed E-state index contributed by atoms with van der Waals surface area (Å²) < 4.78 is 12.4. The summed E-state index contributed by atoms with van der Waals surface area (Å²) in [5.74, 6) is 1.34. The van der Waals surface area contributed by atoms with E-state index in [-0.39, 0.29) is 11.5 Å². The molecule has 1 heterocycles. The number of ether oxygens (including phenoxy) is 2. The van der Waals surface area contributed by atoms with Gasteiger partial charge < -0.3 is 9.47 Å². The second-order valence-corrected chi connectivity index (χ2v) is 6.00. The monoisotopic (exact) mass is 332 g/mol. The van der Waals surface area contributed by atoms with Gasteiger partial charge in [-0.15, -0.1) is 11.6 Å². The summed E-state index contributed by atoms with van der Waals surface area (Å²) in [4.78, 5) is 0. The van der Waals surface area contributed by atoms with Crippen molar-refractivity contribution in [3.63, 3.8) is 0 Å². The van der Waals surface area contributed by atoms with Gasteiger partial charge in [-0.2, -0.15) is 0 Å². The molecule has 2 nitrogen and oxygen atoms in total. The van der Waals surface area contributed by atoms with E-state index in [0.29, 0.717) is 12.5 Å². The lowest BCUT2D eigenvalue weighted by molar-refractivity contribution is 0.0896. The van der Waals surface area contributed by atoms with E-state index in [1.54, 1.807) is 0 Å². The Labute approximate surface area is 122 Å². The van der Waals surface area contributed by atoms with Crippen LogP contribution in [0, 0.1) is 5.92 Å². The second kappa shape index (κ2) is 6.27. The summed E-state index contributed by atoms with van der Waals surface area (Å²) in [6, 6.07) is 5.95. The average Bonchev–Trinajstić information content (AvgIpc) is 2.77. The second-order valence-electron chi connectivity index (χ2n) is 4.62. The molecule has 0 aliphatic carbocycles. The summed E-state index contributed by atoms with van der Waals surface area (Å²) in [6.07, 6.45) is 1.14. The van der Waals surface area contributed by atoms with Gasteiger partial charge in [0.15, 0.2) is 0 Å². The summed E-state index contributed by atoms with van der Waals surface area (Å²) in [7, 11) is 0. The molecule has 1 fully saturated rings. The van der Waals surface area contributed by atoms with E-state index in [0.717, 1.165) is 28.8 Å². The third kappa shape index (κ3) is 3.01. The van der Waals surface area contributed by atoms with Crippen molar-refractivity contribution in [3.05, 3.63) is 28.2 Å². The minimum atomic E-state index is -0.165. The van der Waals surface area contributed by atoms with E-state index >= 15 is 0 Å². The van der Waals surface area contributed by atoms with Gasteiger partial charge in [0.05, 0.1) is 18.1 Å². The van der Waals surface area contributed by atoms with Crippen molar-refractivity contribution in [2.24, 2.45) is 5.92 Å². The maximum atomic E-state index is 6.59. The Morgan fingerprint density at radius 3 is 2.94 bits per heavy atom. The van der Waals surface area contributed by atoms with Crippen molar-refractivity contribution in [1.29, 1.82) is 0 Å². The van der Waals surface area contributed by atoms with E-state index in [2.05, 4.69) is 22.9 Å². The van der Waals surface area contributed by atoms with Crippen LogP contribution in [0.3, 0.4) is 0 Å². The van der Waals surface area contributed by atoms with Crippen molar-refractivity contribution in [1.82, 2.24) is 0 Å². The number of benzene rings is 1. The fraction of sp³-hybridized carbons (Fsp3) is 0.571. The molecule has 3 unspecified atom stereocenters. The minimum absolute atomic E-state index is 0.0696. The van der Waals surface area contributed by atoms with Crippen LogP contribution in [0.5, 0.6) is 5.75 Å². The molecule has 2 rings (SSSR count). The lowest BCUT2D eigenvalue weighted by atomic mass is 9.96. The van der Waals surface area contributed by atoms with Crippen LogP contribution >= 0.6 is 27.5 Å². The average molecular weight is 334 g/mol. The molecule has 0 amide bonds. The van der Waals surface area contributed by atoms with E-state index in [1.807, 2.05) is 25.1 Å². The smallest absolute Gasteiger partial charge is 0.124 e. The molecule has 0 N–H and O–H groups in total. The van der Waals surface area contributed by atoms with E-state index in [9.17, 15) is 0 Å². The van der Waals surface area contributed by atoms with Crippen LogP contribution in [0.25, 0.3) is 0 Å². The van der Waals surface area contributed by atoms with Crippen LogP contribution in [0.2, 0.25) is 0 Å². The predicted octanol–water partition coefficient (Wildman–Crippen LogP) is 4.55. The Hall–Kier alpha value is -0.250. The molecule has 0 saturated carbocycles. The van der Waals surface area contributed by atoms with Crippen molar-refractivity contribution in [2.45, 2.75) is 31.7 Å². The van der Waals surface area contributed by atoms with Crippen LogP contribution in [0.1, 0.15) is 31.2 Å². The summed E-state index contributed by atoms with van der Waals surface area (Å²) in [6.45, 7) is 5.60. The summed E-state index contributed by atoms with van der Waals surface area (Å²) >= 11 is 10.1. The Bertz CT molecular complexity index is 411. The SMILES string of the molecule is CCOc1ccc(Br)cc1C(Cl)C1OCCC1C.